The summed E-state index contributed by atoms with van der Waals surface area (Å²) in [6, 6.07) is 11.0. The van der Waals surface area contributed by atoms with Crippen LogP contribution in [0, 0.1) is 0 Å². The second-order valence-electron chi connectivity index (χ2n) is 9.53. The summed E-state index contributed by atoms with van der Waals surface area (Å²) in [7, 11) is 8.44. The zero-order valence-electron chi connectivity index (χ0n) is 21.4. The molecule has 1 fully saturated rings. The van der Waals surface area contributed by atoms with E-state index in [2.05, 4.69) is 90.8 Å². The van der Waals surface area contributed by atoms with E-state index in [1.54, 1.807) is 0 Å². The van der Waals surface area contributed by atoms with Gasteiger partial charge in [-0.15, -0.1) is 0 Å². The lowest BCUT2D eigenvalue weighted by molar-refractivity contribution is 0.405. The molecule has 2 aromatic heterocycles. The van der Waals surface area contributed by atoms with Crippen LogP contribution in [0.1, 0.15) is 18.9 Å². The van der Waals surface area contributed by atoms with Crippen molar-refractivity contribution in [3.63, 3.8) is 0 Å². The lowest BCUT2D eigenvalue weighted by Gasteiger charge is -2.28. The molecule has 0 aliphatic carbocycles. The Balaban J connectivity index is 1.70. The standard InChI is InChI=1S/C27H39N7/c1-6-20-16-22-24(29-10-7-13-32(2)3)17-23(31-25(22)18-26(20)33(4)5)21-8-9-27(30-19-21)34-14-11-28-12-15-34/h8-9,16-19,28H,6-7,10-15H2,1-5H3,(H,29,31). The van der Waals surface area contributed by atoms with Crippen molar-refractivity contribution < 1.29 is 0 Å². The number of aromatic nitrogens is 2. The lowest BCUT2D eigenvalue weighted by Crippen LogP contribution is -2.43. The van der Waals surface area contributed by atoms with Gasteiger partial charge in [-0.25, -0.2) is 9.97 Å². The van der Waals surface area contributed by atoms with E-state index in [4.69, 9.17) is 9.97 Å². The number of aryl methyl sites for hydroxylation is 1. The fraction of sp³-hybridized carbons (Fsp3) is 0.481. The second-order valence-corrected chi connectivity index (χ2v) is 9.53. The molecule has 0 spiro atoms. The summed E-state index contributed by atoms with van der Waals surface area (Å²) < 4.78 is 0. The smallest absolute Gasteiger partial charge is 0.128 e. The number of nitrogens with one attached hydrogen (secondary N) is 2. The highest BCUT2D eigenvalue weighted by Crippen LogP contribution is 2.33. The number of anilines is 3. The third-order valence-corrected chi connectivity index (χ3v) is 6.45. The maximum absolute atomic E-state index is 5.08. The van der Waals surface area contributed by atoms with E-state index in [0.29, 0.717) is 0 Å². The summed E-state index contributed by atoms with van der Waals surface area (Å²) in [6.07, 6.45) is 4.04. The van der Waals surface area contributed by atoms with Crippen molar-refractivity contribution in [2.24, 2.45) is 0 Å². The number of fused-ring (bicyclic) bond motifs is 1. The molecule has 0 unspecified atom stereocenters. The van der Waals surface area contributed by atoms with Crippen molar-refractivity contribution in [2.45, 2.75) is 19.8 Å². The first-order valence-electron chi connectivity index (χ1n) is 12.4. The molecular formula is C27H39N7. The fourth-order valence-electron chi connectivity index (χ4n) is 4.54. The lowest BCUT2D eigenvalue weighted by atomic mass is 10.0. The molecular weight excluding hydrogens is 422 g/mol. The minimum absolute atomic E-state index is 0.924. The van der Waals surface area contributed by atoms with E-state index in [9.17, 15) is 0 Å². The molecule has 1 saturated heterocycles. The van der Waals surface area contributed by atoms with Crippen LogP contribution in [0.3, 0.4) is 0 Å². The van der Waals surface area contributed by atoms with Gasteiger partial charge in [-0.2, -0.15) is 0 Å². The highest BCUT2D eigenvalue weighted by molar-refractivity contribution is 5.96. The van der Waals surface area contributed by atoms with Crippen molar-refractivity contribution >= 4 is 28.1 Å². The summed E-state index contributed by atoms with van der Waals surface area (Å²) in [6.45, 7) is 8.20. The third-order valence-electron chi connectivity index (χ3n) is 6.45. The molecule has 7 nitrogen and oxygen atoms in total. The van der Waals surface area contributed by atoms with E-state index in [-0.39, 0.29) is 0 Å². The van der Waals surface area contributed by atoms with Crippen molar-refractivity contribution in [2.75, 3.05) is 82.6 Å². The molecule has 0 bridgehead atoms. The molecule has 1 aromatic carbocycles. The average molecular weight is 462 g/mol. The minimum Gasteiger partial charge on any atom is -0.384 e. The zero-order valence-corrected chi connectivity index (χ0v) is 21.4. The van der Waals surface area contributed by atoms with E-state index < -0.39 is 0 Å². The van der Waals surface area contributed by atoms with Gasteiger partial charge in [0, 0.05) is 75.3 Å². The summed E-state index contributed by atoms with van der Waals surface area (Å²) in [5.74, 6) is 1.04. The summed E-state index contributed by atoms with van der Waals surface area (Å²) in [5, 5.41) is 8.28. The first kappa shape index (κ1) is 24.2. The molecule has 3 aromatic rings. The van der Waals surface area contributed by atoms with Gasteiger partial charge in [-0.05, 0) is 69.4 Å². The number of pyridine rings is 2. The predicted octanol–water partition coefficient (Wildman–Crippen LogP) is 3.70. The highest BCUT2D eigenvalue weighted by atomic mass is 15.2. The van der Waals surface area contributed by atoms with Crippen LogP contribution in [0.5, 0.6) is 0 Å². The highest BCUT2D eigenvalue weighted by Gasteiger charge is 2.15. The van der Waals surface area contributed by atoms with Gasteiger partial charge in [0.1, 0.15) is 5.82 Å². The van der Waals surface area contributed by atoms with Gasteiger partial charge in [0.25, 0.3) is 0 Å². The van der Waals surface area contributed by atoms with Gasteiger partial charge in [-0.1, -0.05) is 6.92 Å². The van der Waals surface area contributed by atoms with Gasteiger partial charge >= 0.3 is 0 Å². The molecule has 0 atom stereocenters. The molecule has 1 aliphatic rings. The number of rotatable bonds is 9. The Morgan fingerprint density at radius 3 is 2.50 bits per heavy atom. The fourth-order valence-corrected chi connectivity index (χ4v) is 4.54. The molecule has 2 N–H and O–H groups in total. The van der Waals surface area contributed by atoms with Gasteiger partial charge in [-0.3, -0.25) is 0 Å². The maximum atomic E-state index is 5.08. The minimum atomic E-state index is 0.924. The SMILES string of the molecule is CCc1cc2c(NCCCN(C)C)cc(-c3ccc(N4CCNCC4)nc3)nc2cc1N(C)C. The van der Waals surface area contributed by atoms with Crippen LogP contribution in [0.25, 0.3) is 22.2 Å². The predicted molar refractivity (Wildman–Crippen MR) is 145 cm³/mol. The molecule has 3 heterocycles. The van der Waals surface area contributed by atoms with E-state index >= 15 is 0 Å². The first-order chi connectivity index (χ1) is 16.5. The van der Waals surface area contributed by atoms with Crippen molar-refractivity contribution in [1.29, 1.82) is 0 Å². The van der Waals surface area contributed by atoms with Crippen LogP contribution < -0.4 is 20.4 Å². The quantitative estimate of drug-likeness (QED) is 0.471. The Morgan fingerprint density at radius 1 is 1.06 bits per heavy atom. The van der Waals surface area contributed by atoms with Gasteiger partial charge in [0.05, 0.1) is 11.2 Å². The van der Waals surface area contributed by atoms with E-state index in [1.807, 2.05) is 6.20 Å². The van der Waals surface area contributed by atoms with Gasteiger partial charge in [0.15, 0.2) is 0 Å². The summed E-state index contributed by atoms with van der Waals surface area (Å²) in [5.41, 5.74) is 6.72. The van der Waals surface area contributed by atoms with Crippen molar-refractivity contribution in [1.82, 2.24) is 20.2 Å². The Hall–Kier alpha value is -2.90. The van der Waals surface area contributed by atoms with Crippen LogP contribution in [0.4, 0.5) is 17.2 Å². The Bertz CT molecular complexity index is 1090. The van der Waals surface area contributed by atoms with Crippen molar-refractivity contribution in [3.8, 4) is 11.3 Å². The molecule has 7 heteroatoms. The van der Waals surface area contributed by atoms with Crippen LogP contribution in [-0.4, -0.2) is 82.3 Å². The molecule has 0 radical (unpaired) electrons. The number of piperazine rings is 1. The summed E-state index contributed by atoms with van der Waals surface area (Å²) >= 11 is 0. The first-order valence-corrected chi connectivity index (χ1v) is 12.4. The topological polar surface area (TPSA) is 59.6 Å². The van der Waals surface area contributed by atoms with Crippen LogP contribution >= 0.6 is 0 Å². The summed E-state index contributed by atoms with van der Waals surface area (Å²) in [4.78, 5) is 16.6. The van der Waals surface area contributed by atoms with E-state index in [0.717, 1.165) is 80.4 Å². The Morgan fingerprint density at radius 2 is 1.85 bits per heavy atom. The average Bonchev–Trinajstić information content (AvgIpc) is 2.86. The van der Waals surface area contributed by atoms with E-state index in [1.165, 1.54) is 16.6 Å². The molecule has 4 rings (SSSR count). The van der Waals surface area contributed by atoms with Gasteiger partial charge < -0.3 is 25.3 Å². The van der Waals surface area contributed by atoms with Gasteiger partial charge in [0.2, 0.25) is 0 Å². The number of hydrogen-bond donors (Lipinski definition) is 2. The van der Waals surface area contributed by atoms with Crippen molar-refractivity contribution in [3.05, 3.63) is 42.1 Å². The Labute approximate surface area is 204 Å². The number of benzene rings is 1. The molecule has 34 heavy (non-hydrogen) atoms. The number of hydrogen-bond acceptors (Lipinski definition) is 7. The molecule has 1 aliphatic heterocycles. The normalized spacial score (nSPS) is 14.1. The molecule has 182 valence electrons. The molecule has 0 amide bonds. The third kappa shape index (κ3) is 5.59. The number of nitrogens with zero attached hydrogens (tertiary/aromatic N) is 5. The second kappa shape index (κ2) is 11.0. The van der Waals surface area contributed by atoms with Crippen LogP contribution in [-0.2, 0) is 6.42 Å². The Kier molecular flexibility index (Phi) is 7.85. The largest absolute Gasteiger partial charge is 0.384 e. The molecule has 0 saturated carbocycles. The maximum Gasteiger partial charge on any atom is 0.128 e. The zero-order chi connectivity index (χ0) is 24.1. The monoisotopic (exact) mass is 461 g/mol. The van der Waals surface area contributed by atoms with Crippen LogP contribution in [0.15, 0.2) is 36.5 Å². The van der Waals surface area contributed by atoms with Crippen LogP contribution in [0.2, 0.25) is 0 Å².